The van der Waals surface area contributed by atoms with Crippen molar-refractivity contribution in [2.24, 2.45) is 0 Å². The van der Waals surface area contributed by atoms with Crippen molar-refractivity contribution in [2.75, 3.05) is 5.75 Å². The number of amides is 1. The summed E-state index contributed by atoms with van der Waals surface area (Å²) in [6.07, 6.45) is -4.81. The van der Waals surface area contributed by atoms with Crippen molar-refractivity contribution in [1.82, 2.24) is 20.3 Å². The number of fused-ring (bicyclic) bond motifs is 1. The Kier molecular flexibility index (Phi) is 7.74. The minimum absolute atomic E-state index is 0.119. The van der Waals surface area contributed by atoms with Gasteiger partial charge in [0.2, 0.25) is 11.7 Å². The van der Waals surface area contributed by atoms with Crippen molar-refractivity contribution < 1.29 is 37.4 Å². The molecule has 0 bridgehead atoms. The predicted octanol–water partition coefficient (Wildman–Crippen LogP) is 2.31. The Morgan fingerprint density at radius 1 is 1.17 bits per heavy atom. The van der Waals surface area contributed by atoms with Crippen LogP contribution >= 0.6 is 11.8 Å². The second-order valence-electron chi connectivity index (χ2n) is 7.15. The molecule has 0 spiro atoms. The SMILES string of the molecule is C[C@H](NC(=O)Cn1nnc2ccc(SCC(=O)C(=O)O)cc2c1=O)c1ccc(OC(F)(F)F)cc1. The Labute approximate surface area is 199 Å². The number of carboxylic acids is 1. The van der Waals surface area contributed by atoms with E-state index in [1.807, 2.05) is 0 Å². The molecule has 1 heterocycles. The lowest BCUT2D eigenvalue weighted by molar-refractivity contribution is -0.274. The number of ketones is 1. The number of nitrogens with one attached hydrogen (secondary N) is 1. The zero-order chi connectivity index (χ0) is 25.8. The van der Waals surface area contributed by atoms with Crippen LogP contribution in [0.15, 0.2) is 52.2 Å². The Bertz CT molecular complexity index is 1330. The van der Waals surface area contributed by atoms with Gasteiger partial charge in [0.05, 0.1) is 17.2 Å². The quantitative estimate of drug-likeness (QED) is 0.328. The van der Waals surface area contributed by atoms with Crippen molar-refractivity contribution in [1.29, 1.82) is 0 Å². The Balaban J connectivity index is 1.68. The number of hydrogen-bond donors (Lipinski definition) is 2. The number of rotatable bonds is 9. The summed E-state index contributed by atoms with van der Waals surface area (Å²) in [7, 11) is 0. The molecular formula is C21H17F3N4O6S. The molecule has 1 amide bonds. The number of hydrogen-bond acceptors (Lipinski definition) is 8. The number of aromatic nitrogens is 3. The van der Waals surface area contributed by atoms with Gasteiger partial charge in [0.15, 0.2) is 0 Å². The monoisotopic (exact) mass is 510 g/mol. The molecule has 0 aliphatic rings. The van der Waals surface area contributed by atoms with Gasteiger partial charge in [0, 0.05) is 4.90 Å². The highest BCUT2D eigenvalue weighted by atomic mass is 32.2. The van der Waals surface area contributed by atoms with Crippen molar-refractivity contribution in [2.45, 2.75) is 30.8 Å². The van der Waals surface area contributed by atoms with Gasteiger partial charge in [-0.1, -0.05) is 17.3 Å². The van der Waals surface area contributed by atoms with E-state index in [4.69, 9.17) is 5.11 Å². The van der Waals surface area contributed by atoms with Crippen molar-refractivity contribution >= 4 is 40.3 Å². The van der Waals surface area contributed by atoms with E-state index in [2.05, 4.69) is 20.4 Å². The van der Waals surface area contributed by atoms with Crippen LogP contribution in [0, 0.1) is 0 Å². The van der Waals surface area contributed by atoms with Crippen LogP contribution in [0.1, 0.15) is 18.5 Å². The van der Waals surface area contributed by atoms with Crippen LogP contribution < -0.4 is 15.6 Å². The second kappa shape index (κ2) is 10.5. The van der Waals surface area contributed by atoms with E-state index in [1.54, 1.807) is 13.0 Å². The zero-order valence-electron chi connectivity index (χ0n) is 17.9. The van der Waals surface area contributed by atoms with Crippen LogP contribution in [-0.4, -0.2) is 49.9 Å². The number of thioether (sulfide) groups is 1. The van der Waals surface area contributed by atoms with Crippen molar-refractivity contribution in [3.63, 3.8) is 0 Å². The summed E-state index contributed by atoms with van der Waals surface area (Å²) >= 11 is 0.933. The maximum atomic E-state index is 12.8. The molecule has 184 valence electrons. The van der Waals surface area contributed by atoms with Gasteiger partial charge < -0.3 is 15.2 Å². The molecule has 0 fully saturated rings. The number of alkyl halides is 3. The highest BCUT2D eigenvalue weighted by Gasteiger charge is 2.31. The Hall–Kier alpha value is -3.94. The average molecular weight is 510 g/mol. The largest absolute Gasteiger partial charge is 0.573 e. The van der Waals surface area contributed by atoms with E-state index >= 15 is 0 Å². The second-order valence-corrected chi connectivity index (χ2v) is 8.20. The topological polar surface area (TPSA) is 140 Å². The van der Waals surface area contributed by atoms with E-state index in [1.165, 1.54) is 24.3 Å². The number of carboxylic acid groups (broad SMARTS) is 1. The number of nitrogens with zero attached hydrogens (tertiary/aromatic N) is 3. The van der Waals surface area contributed by atoms with Crippen LogP contribution in [0.5, 0.6) is 5.75 Å². The first-order valence-corrected chi connectivity index (χ1v) is 10.8. The van der Waals surface area contributed by atoms with E-state index in [0.717, 1.165) is 28.6 Å². The minimum atomic E-state index is -4.81. The molecule has 10 nitrogen and oxygen atoms in total. The first kappa shape index (κ1) is 25.7. The van der Waals surface area contributed by atoms with Gasteiger partial charge in [-0.25, -0.2) is 9.48 Å². The van der Waals surface area contributed by atoms with Gasteiger partial charge >= 0.3 is 12.3 Å². The molecule has 2 N–H and O–H groups in total. The van der Waals surface area contributed by atoms with Gasteiger partial charge in [0.25, 0.3) is 5.56 Å². The van der Waals surface area contributed by atoms with Crippen LogP contribution in [0.4, 0.5) is 13.2 Å². The summed E-state index contributed by atoms with van der Waals surface area (Å²) in [4.78, 5) is 47.6. The van der Waals surface area contributed by atoms with Crippen LogP contribution in [0.25, 0.3) is 10.9 Å². The normalized spacial score (nSPS) is 12.2. The molecule has 0 aliphatic carbocycles. The molecule has 0 saturated heterocycles. The Morgan fingerprint density at radius 3 is 2.49 bits per heavy atom. The van der Waals surface area contributed by atoms with Gasteiger partial charge in [-0.2, -0.15) is 0 Å². The molecule has 2 aromatic carbocycles. The number of Topliss-reactive ketones (excluding diaryl/α,β-unsaturated/α-hetero) is 1. The molecule has 0 aliphatic heterocycles. The van der Waals surface area contributed by atoms with Crippen LogP contribution in [-0.2, 0) is 20.9 Å². The average Bonchev–Trinajstić information content (AvgIpc) is 2.78. The number of aliphatic carboxylic acids is 1. The number of carbonyl (C=O) groups is 3. The van der Waals surface area contributed by atoms with Gasteiger partial charge in [0.1, 0.15) is 17.8 Å². The third kappa shape index (κ3) is 7.02. The van der Waals surface area contributed by atoms with E-state index in [9.17, 15) is 32.3 Å². The highest BCUT2D eigenvalue weighted by molar-refractivity contribution is 8.00. The number of halogens is 3. The van der Waals surface area contributed by atoms with Crippen molar-refractivity contribution in [3.8, 4) is 5.75 Å². The molecule has 1 atom stereocenters. The fourth-order valence-corrected chi connectivity index (χ4v) is 3.71. The number of benzene rings is 2. The fourth-order valence-electron chi connectivity index (χ4n) is 2.92. The van der Waals surface area contributed by atoms with E-state index in [-0.39, 0.29) is 16.7 Å². The molecule has 14 heteroatoms. The summed E-state index contributed by atoms with van der Waals surface area (Å²) in [6, 6.07) is 8.82. The molecule has 0 saturated carbocycles. The third-order valence-electron chi connectivity index (χ3n) is 4.59. The van der Waals surface area contributed by atoms with Gasteiger partial charge in [-0.05, 0) is 42.8 Å². The first-order chi connectivity index (χ1) is 16.4. The van der Waals surface area contributed by atoms with Crippen molar-refractivity contribution in [3.05, 3.63) is 58.4 Å². The summed E-state index contributed by atoms with van der Waals surface area (Å²) in [6.45, 7) is 1.13. The summed E-state index contributed by atoms with van der Waals surface area (Å²) in [5.74, 6) is -3.87. The van der Waals surface area contributed by atoms with Crippen LogP contribution in [0.2, 0.25) is 0 Å². The zero-order valence-corrected chi connectivity index (χ0v) is 18.7. The molecule has 3 rings (SSSR count). The third-order valence-corrected chi connectivity index (χ3v) is 5.58. The Morgan fingerprint density at radius 2 is 1.86 bits per heavy atom. The number of carbonyl (C=O) groups excluding carboxylic acids is 2. The van der Waals surface area contributed by atoms with Gasteiger partial charge in [-0.3, -0.25) is 14.4 Å². The minimum Gasteiger partial charge on any atom is -0.475 e. The molecule has 3 aromatic rings. The maximum absolute atomic E-state index is 12.8. The fraction of sp³-hybridized carbons (Fsp3) is 0.238. The standard InChI is InChI=1S/C21H17F3N4O6S/c1-11(12-2-4-13(5-3-12)34-21(22,23)24)25-18(30)9-28-19(31)15-8-14(6-7-16(15)26-27-28)35-10-17(29)20(32)33/h2-8,11H,9-10H2,1H3,(H,25,30)(H,32,33)/t11-/m0/s1. The lowest BCUT2D eigenvalue weighted by atomic mass is 10.1. The van der Waals surface area contributed by atoms with Gasteiger partial charge in [-0.15, -0.1) is 30.0 Å². The number of ether oxygens (including phenoxy) is 1. The van der Waals surface area contributed by atoms with Crippen LogP contribution in [0.3, 0.4) is 0 Å². The molecule has 35 heavy (non-hydrogen) atoms. The maximum Gasteiger partial charge on any atom is 0.573 e. The van der Waals surface area contributed by atoms with E-state index < -0.39 is 47.9 Å². The lowest BCUT2D eigenvalue weighted by Gasteiger charge is -2.15. The molecule has 0 radical (unpaired) electrons. The predicted molar refractivity (Wildman–Crippen MR) is 117 cm³/mol. The summed E-state index contributed by atoms with van der Waals surface area (Å²) < 4.78 is 41.5. The van der Waals surface area contributed by atoms with E-state index in [0.29, 0.717) is 10.5 Å². The molecular weight excluding hydrogens is 493 g/mol. The summed E-state index contributed by atoms with van der Waals surface area (Å²) in [5, 5.41) is 19.0. The molecule has 0 unspecified atom stereocenters. The summed E-state index contributed by atoms with van der Waals surface area (Å²) in [5.41, 5.74) is 0.121. The lowest BCUT2D eigenvalue weighted by Crippen LogP contribution is -2.35. The highest BCUT2D eigenvalue weighted by Crippen LogP contribution is 2.24. The smallest absolute Gasteiger partial charge is 0.475 e. The molecule has 1 aromatic heterocycles. The first-order valence-electron chi connectivity index (χ1n) is 9.84.